The number of ether oxygens (including phenoxy) is 4. The number of methoxy groups -OCH3 is 2. The van der Waals surface area contributed by atoms with E-state index in [-0.39, 0.29) is 29.1 Å². The Balaban J connectivity index is 1.97. The molecule has 0 N–H and O–H groups in total. The summed E-state index contributed by atoms with van der Waals surface area (Å²) in [7, 11) is 2.61. The minimum atomic E-state index is -0.940. The van der Waals surface area contributed by atoms with E-state index in [9.17, 15) is 9.59 Å². The molecular formula is C17H20O6. The Morgan fingerprint density at radius 3 is 2.17 bits per heavy atom. The summed E-state index contributed by atoms with van der Waals surface area (Å²) < 4.78 is 22.3. The van der Waals surface area contributed by atoms with Crippen LogP contribution in [-0.2, 0) is 28.5 Å². The van der Waals surface area contributed by atoms with Crippen molar-refractivity contribution in [3.8, 4) is 0 Å². The number of esters is 2. The highest BCUT2D eigenvalue weighted by Gasteiger charge is 2.78. The molecule has 0 radical (unpaired) electrons. The number of hydrogen-bond acceptors (Lipinski definition) is 6. The lowest BCUT2D eigenvalue weighted by atomic mass is 9.58. The maximum atomic E-state index is 12.5. The zero-order valence-corrected chi connectivity index (χ0v) is 13.8. The van der Waals surface area contributed by atoms with E-state index in [2.05, 4.69) is 0 Å². The second-order valence-electron chi connectivity index (χ2n) is 7.18. The lowest BCUT2D eigenvalue weighted by molar-refractivity contribution is -0.140. The first kappa shape index (κ1) is 14.9. The molecule has 4 aliphatic rings. The maximum absolute atomic E-state index is 12.5. The fourth-order valence-electron chi connectivity index (χ4n) is 5.40. The summed E-state index contributed by atoms with van der Waals surface area (Å²) in [4.78, 5) is 24.9. The fraction of sp³-hybridized carbons (Fsp3) is 0.647. The van der Waals surface area contributed by atoms with E-state index >= 15 is 0 Å². The Morgan fingerprint density at radius 1 is 1.04 bits per heavy atom. The van der Waals surface area contributed by atoms with E-state index in [0.717, 1.165) is 0 Å². The van der Waals surface area contributed by atoms with Crippen molar-refractivity contribution in [2.45, 2.75) is 43.7 Å². The molecule has 0 aromatic rings. The number of rotatable bonds is 2. The zero-order valence-electron chi connectivity index (χ0n) is 13.8. The number of carbonyl (C=O) groups is 2. The minimum absolute atomic E-state index is 0.0370. The van der Waals surface area contributed by atoms with Crippen LogP contribution in [0.25, 0.3) is 0 Å². The highest BCUT2D eigenvalue weighted by atomic mass is 16.6. The standard InChI is InChI=1S/C17H20O6/c1-15-7-6-8(22-15)9-12(15)17(3)11(14(19)21-5)10(13(18)20-4)16(9,2)23-17/h6-9,12H,1-5H3/t8-,9+,12-,15+,16+,17-/m0/s1. The van der Waals surface area contributed by atoms with Gasteiger partial charge in [0.25, 0.3) is 0 Å². The highest BCUT2D eigenvalue weighted by Crippen LogP contribution is 2.69. The molecule has 124 valence electrons. The first-order valence-electron chi connectivity index (χ1n) is 7.72. The van der Waals surface area contributed by atoms with Crippen LogP contribution in [0.5, 0.6) is 0 Å². The van der Waals surface area contributed by atoms with Crippen LogP contribution in [0.2, 0.25) is 0 Å². The molecule has 23 heavy (non-hydrogen) atoms. The smallest absolute Gasteiger partial charge is 0.337 e. The van der Waals surface area contributed by atoms with E-state index in [0.29, 0.717) is 0 Å². The molecule has 6 nitrogen and oxygen atoms in total. The van der Waals surface area contributed by atoms with Crippen molar-refractivity contribution in [3.63, 3.8) is 0 Å². The Kier molecular flexibility index (Phi) is 2.62. The van der Waals surface area contributed by atoms with Gasteiger partial charge in [0.2, 0.25) is 0 Å². The first-order valence-corrected chi connectivity index (χ1v) is 7.72. The zero-order chi connectivity index (χ0) is 16.8. The minimum Gasteiger partial charge on any atom is -0.466 e. The second-order valence-corrected chi connectivity index (χ2v) is 7.18. The summed E-state index contributed by atoms with van der Waals surface area (Å²) in [5.41, 5.74) is -1.85. The van der Waals surface area contributed by atoms with Crippen molar-refractivity contribution in [2.24, 2.45) is 11.8 Å². The summed E-state index contributed by atoms with van der Waals surface area (Å²) in [5.74, 6) is -1.19. The summed E-state index contributed by atoms with van der Waals surface area (Å²) >= 11 is 0. The molecule has 0 spiro atoms. The summed E-state index contributed by atoms with van der Waals surface area (Å²) in [6.45, 7) is 5.69. The quantitative estimate of drug-likeness (QED) is 0.561. The molecule has 0 saturated carbocycles. The van der Waals surface area contributed by atoms with Crippen LogP contribution in [0, 0.1) is 11.8 Å². The van der Waals surface area contributed by atoms with E-state index in [1.807, 2.05) is 32.9 Å². The third-order valence-corrected chi connectivity index (χ3v) is 6.01. The van der Waals surface area contributed by atoms with Crippen molar-refractivity contribution in [3.05, 3.63) is 23.3 Å². The predicted octanol–water partition coefficient (Wildman–Crippen LogP) is 1.15. The highest BCUT2D eigenvalue weighted by molar-refractivity contribution is 6.05. The van der Waals surface area contributed by atoms with Gasteiger partial charge < -0.3 is 18.9 Å². The van der Waals surface area contributed by atoms with Gasteiger partial charge in [-0.15, -0.1) is 0 Å². The van der Waals surface area contributed by atoms with Gasteiger partial charge in [0.15, 0.2) is 0 Å². The largest absolute Gasteiger partial charge is 0.466 e. The Labute approximate surface area is 134 Å². The van der Waals surface area contributed by atoms with Gasteiger partial charge in [-0.05, 0) is 20.8 Å². The molecule has 0 aromatic heterocycles. The molecule has 6 heteroatoms. The Morgan fingerprint density at radius 2 is 1.61 bits per heavy atom. The van der Waals surface area contributed by atoms with Crippen LogP contribution in [0.4, 0.5) is 0 Å². The van der Waals surface area contributed by atoms with Crippen molar-refractivity contribution in [1.82, 2.24) is 0 Å². The van der Waals surface area contributed by atoms with Crippen LogP contribution in [0.1, 0.15) is 20.8 Å². The van der Waals surface area contributed by atoms with Crippen molar-refractivity contribution >= 4 is 11.9 Å². The van der Waals surface area contributed by atoms with Crippen molar-refractivity contribution < 1.29 is 28.5 Å². The molecule has 6 atom stereocenters. The van der Waals surface area contributed by atoms with Crippen molar-refractivity contribution in [1.29, 1.82) is 0 Å². The van der Waals surface area contributed by atoms with Crippen LogP contribution in [0.3, 0.4) is 0 Å². The predicted molar refractivity (Wildman–Crippen MR) is 78.4 cm³/mol. The molecule has 0 aliphatic carbocycles. The van der Waals surface area contributed by atoms with Gasteiger partial charge in [-0.1, -0.05) is 12.2 Å². The van der Waals surface area contributed by atoms with E-state index < -0.39 is 28.7 Å². The molecular weight excluding hydrogens is 300 g/mol. The topological polar surface area (TPSA) is 71.1 Å². The summed E-state index contributed by atoms with van der Waals surface area (Å²) in [6.07, 6.45) is 3.92. The molecule has 0 unspecified atom stereocenters. The molecule has 4 aliphatic heterocycles. The number of hydrogen-bond donors (Lipinski definition) is 0. The van der Waals surface area contributed by atoms with E-state index in [1.54, 1.807) is 0 Å². The second kappa shape index (κ2) is 4.05. The van der Waals surface area contributed by atoms with Gasteiger partial charge in [-0.2, -0.15) is 0 Å². The summed E-state index contributed by atoms with van der Waals surface area (Å²) in [5, 5.41) is 0. The van der Waals surface area contributed by atoms with Crippen LogP contribution in [-0.4, -0.2) is 49.1 Å². The maximum Gasteiger partial charge on any atom is 0.337 e. The van der Waals surface area contributed by atoms with Gasteiger partial charge >= 0.3 is 11.9 Å². The van der Waals surface area contributed by atoms with Crippen LogP contribution in [0.15, 0.2) is 23.3 Å². The Bertz CT molecular complexity index is 693. The molecule has 4 heterocycles. The van der Waals surface area contributed by atoms with Gasteiger partial charge in [0.05, 0.1) is 37.1 Å². The molecule has 2 fully saturated rings. The first-order chi connectivity index (χ1) is 10.7. The molecule has 2 saturated heterocycles. The van der Waals surface area contributed by atoms with Gasteiger partial charge in [0.1, 0.15) is 11.2 Å². The molecule has 4 rings (SSSR count). The van der Waals surface area contributed by atoms with Crippen LogP contribution < -0.4 is 0 Å². The van der Waals surface area contributed by atoms with Crippen molar-refractivity contribution in [2.75, 3.05) is 14.2 Å². The molecule has 4 bridgehead atoms. The van der Waals surface area contributed by atoms with E-state index in [4.69, 9.17) is 18.9 Å². The van der Waals surface area contributed by atoms with Gasteiger partial charge in [-0.3, -0.25) is 0 Å². The monoisotopic (exact) mass is 320 g/mol. The lowest BCUT2D eigenvalue weighted by Crippen LogP contribution is -2.51. The third kappa shape index (κ3) is 1.42. The SMILES string of the molecule is COC(=O)C1=C(C(=O)OC)[C@]2(C)O[C@]1(C)[C@@H]1[C@@H]3C=C[C@@](C)(O3)[C@H]12. The van der Waals surface area contributed by atoms with Gasteiger partial charge in [0, 0.05) is 11.8 Å². The van der Waals surface area contributed by atoms with E-state index in [1.165, 1.54) is 14.2 Å². The molecule has 0 amide bonds. The molecule has 0 aromatic carbocycles. The average molecular weight is 320 g/mol. The number of fused-ring (bicyclic) bond motifs is 9. The normalized spacial score (nSPS) is 48.8. The average Bonchev–Trinajstić information content (AvgIpc) is 3.16. The number of carbonyl (C=O) groups excluding carboxylic acids is 2. The lowest BCUT2D eigenvalue weighted by Gasteiger charge is -2.39. The van der Waals surface area contributed by atoms with Crippen LogP contribution >= 0.6 is 0 Å². The fourth-order valence-corrected chi connectivity index (χ4v) is 5.40. The third-order valence-electron chi connectivity index (χ3n) is 6.01. The van der Waals surface area contributed by atoms with Gasteiger partial charge in [-0.25, -0.2) is 9.59 Å². The summed E-state index contributed by atoms with van der Waals surface area (Å²) in [6, 6.07) is 0. The Hall–Kier alpha value is -1.66.